The number of halogens is 1. The Bertz CT molecular complexity index is 473. The first kappa shape index (κ1) is 15.1. The number of rotatable bonds is 4. The topological polar surface area (TPSA) is 40.5 Å². The Morgan fingerprint density at radius 1 is 1.35 bits per heavy atom. The first-order valence-electron chi connectivity index (χ1n) is 7.16. The Kier molecular flexibility index (Phi) is 4.89. The van der Waals surface area contributed by atoms with Crippen LogP contribution < -0.4 is 0 Å². The summed E-state index contributed by atoms with van der Waals surface area (Å²) in [6.45, 7) is 3.72. The van der Waals surface area contributed by atoms with Crippen LogP contribution >= 0.6 is 0 Å². The SMILES string of the molecule is CC1(O)CCCN(CC(=O)Cc2ccccc2F)CC1. The predicted octanol–water partition coefficient (Wildman–Crippen LogP) is 2.17. The van der Waals surface area contributed by atoms with Gasteiger partial charge < -0.3 is 5.11 Å². The van der Waals surface area contributed by atoms with E-state index < -0.39 is 5.60 Å². The number of carbonyl (C=O) groups is 1. The third-order valence-corrected chi connectivity index (χ3v) is 3.90. The average Bonchev–Trinajstić information content (AvgIpc) is 2.54. The van der Waals surface area contributed by atoms with E-state index in [1.807, 2.05) is 6.92 Å². The molecule has 0 radical (unpaired) electrons. The summed E-state index contributed by atoms with van der Waals surface area (Å²) < 4.78 is 13.5. The van der Waals surface area contributed by atoms with Gasteiger partial charge in [-0.25, -0.2) is 4.39 Å². The molecule has 0 aromatic heterocycles. The fraction of sp³-hybridized carbons (Fsp3) is 0.562. The molecule has 1 aromatic carbocycles. The average molecular weight is 279 g/mol. The van der Waals surface area contributed by atoms with Crippen LogP contribution in [0.4, 0.5) is 4.39 Å². The van der Waals surface area contributed by atoms with Gasteiger partial charge in [0.25, 0.3) is 0 Å². The van der Waals surface area contributed by atoms with Crippen LogP contribution in [0.3, 0.4) is 0 Å². The Morgan fingerprint density at radius 3 is 2.85 bits per heavy atom. The van der Waals surface area contributed by atoms with Crippen molar-refractivity contribution in [2.45, 2.75) is 38.2 Å². The number of hydrogen-bond acceptors (Lipinski definition) is 3. The standard InChI is InChI=1S/C16H22FNO2/c1-16(20)7-4-9-18(10-8-16)12-14(19)11-13-5-2-3-6-15(13)17/h2-3,5-6,20H,4,7-12H2,1H3. The zero-order chi connectivity index (χ0) is 14.6. The molecule has 2 rings (SSSR count). The van der Waals surface area contributed by atoms with Crippen molar-refractivity contribution in [2.75, 3.05) is 19.6 Å². The van der Waals surface area contributed by atoms with Crippen LogP contribution in [0.2, 0.25) is 0 Å². The summed E-state index contributed by atoms with van der Waals surface area (Å²) in [5, 5.41) is 10.0. The quantitative estimate of drug-likeness (QED) is 0.918. The molecule has 1 saturated heterocycles. The summed E-state index contributed by atoms with van der Waals surface area (Å²) in [6, 6.07) is 6.40. The monoisotopic (exact) mass is 279 g/mol. The molecule has 1 atom stereocenters. The lowest BCUT2D eigenvalue weighted by Gasteiger charge is -2.21. The maximum absolute atomic E-state index is 13.5. The van der Waals surface area contributed by atoms with Gasteiger partial charge in [-0.05, 0) is 44.4 Å². The summed E-state index contributed by atoms with van der Waals surface area (Å²) in [5.41, 5.74) is -0.164. The highest BCUT2D eigenvalue weighted by atomic mass is 19.1. The minimum atomic E-state index is -0.622. The lowest BCUT2D eigenvalue weighted by molar-refractivity contribution is -0.119. The number of ketones is 1. The normalized spacial score (nSPS) is 24.4. The molecule has 3 nitrogen and oxygen atoms in total. The number of benzene rings is 1. The minimum Gasteiger partial charge on any atom is -0.390 e. The molecule has 4 heteroatoms. The zero-order valence-corrected chi connectivity index (χ0v) is 11.9. The lowest BCUT2D eigenvalue weighted by atomic mass is 9.98. The van der Waals surface area contributed by atoms with Crippen LogP contribution in [0.25, 0.3) is 0 Å². The summed E-state index contributed by atoms with van der Waals surface area (Å²) in [4.78, 5) is 14.1. The Hall–Kier alpha value is -1.26. The number of Topliss-reactive ketones (excluding diaryl/α,β-unsaturated/α-hetero) is 1. The predicted molar refractivity (Wildman–Crippen MR) is 76.0 cm³/mol. The van der Waals surface area contributed by atoms with Gasteiger partial charge in [0.2, 0.25) is 0 Å². The largest absolute Gasteiger partial charge is 0.390 e. The van der Waals surface area contributed by atoms with E-state index in [4.69, 9.17) is 0 Å². The van der Waals surface area contributed by atoms with Crippen LogP contribution in [-0.2, 0) is 11.2 Å². The molecule has 0 bridgehead atoms. The number of hydrogen-bond donors (Lipinski definition) is 1. The third kappa shape index (κ3) is 4.39. The number of likely N-dealkylation sites (tertiary alicyclic amines) is 1. The summed E-state index contributed by atoms with van der Waals surface area (Å²) >= 11 is 0. The van der Waals surface area contributed by atoms with E-state index in [0.717, 1.165) is 25.9 Å². The van der Waals surface area contributed by atoms with Crippen LogP contribution in [0.15, 0.2) is 24.3 Å². The van der Waals surface area contributed by atoms with Gasteiger partial charge in [0, 0.05) is 13.0 Å². The fourth-order valence-electron chi connectivity index (χ4n) is 2.64. The van der Waals surface area contributed by atoms with Crippen molar-refractivity contribution in [3.63, 3.8) is 0 Å². The molecule has 0 spiro atoms. The van der Waals surface area contributed by atoms with Crippen molar-refractivity contribution >= 4 is 5.78 Å². The van der Waals surface area contributed by atoms with Gasteiger partial charge in [0.15, 0.2) is 5.78 Å². The highest BCUT2D eigenvalue weighted by molar-refractivity contribution is 5.82. The molecule has 1 aromatic rings. The van der Waals surface area contributed by atoms with Gasteiger partial charge >= 0.3 is 0 Å². The second-order valence-electron chi connectivity index (χ2n) is 5.93. The molecule has 20 heavy (non-hydrogen) atoms. The maximum Gasteiger partial charge on any atom is 0.151 e. The molecule has 0 amide bonds. The van der Waals surface area contributed by atoms with Crippen molar-refractivity contribution < 1.29 is 14.3 Å². The van der Waals surface area contributed by atoms with Crippen LogP contribution in [0, 0.1) is 5.82 Å². The summed E-state index contributed by atoms with van der Waals surface area (Å²) in [6.07, 6.45) is 2.48. The highest BCUT2D eigenvalue weighted by Gasteiger charge is 2.25. The second kappa shape index (κ2) is 6.46. The van der Waals surface area contributed by atoms with Gasteiger partial charge in [-0.3, -0.25) is 9.69 Å². The molecule has 0 aliphatic carbocycles. The van der Waals surface area contributed by atoms with E-state index in [1.165, 1.54) is 6.07 Å². The van der Waals surface area contributed by atoms with Crippen molar-refractivity contribution in [1.82, 2.24) is 4.90 Å². The van der Waals surface area contributed by atoms with Gasteiger partial charge in [0.1, 0.15) is 5.82 Å². The maximum atomic E-state index is 13.5. The number of carbonyl (C=O) groups excluding carboxylic acids is 1. The van der Waals surface area contributed by atoms with E-state index in [2.05, 4.69) is 4.90 Å². The Balaban J connectivity index is 1.87. The molecule has 1 heterocycles. The van der Waals surface area contributed by atoms with E-state index in [0.29, 0.717) is 18.5 Å². The zero-order valence-electron chi connectivity index (χ0n) is 11.9. The first-order valence-corrected chi connectivity index (χ1v) is 7.16. The molecule has 1 N–H and O–H groups in total. The van der Waals surface area contributed by atoms with Gasteiger partial charge in [-0.2, -0.15) is 0 Å². The van der Waals surface area contributed by atoms with E-state index in [-0.39, 0.29) is 18.0 Å². The Labute approximate surface area is 119 Å². The van der Waals surface area contributed by atoms with E-state index >= 15 is 0 Å². The lowest BCUT2D eigenvalue weighted by Crippen LogP contribution is -2.33. The molecule has 110 valence electrons. The second-order valence-corrected chi connectivity index (χ2v) is 5.93. The van der Waals surface area contributed by atoms with Crippen LogP contribution in [-0.4, -0.2) is 41.0 Å². The number of nitrogens with zero attached hydrogens (tertiary/aromatic N) is 1. The summed E-state index contributed by atoms with van der Waals surface area (Å²) in [5.74, 6) is -0.295. The van der Waals surface area contributed by atoms with E-state index in [9.17, 15) is 14.3 Å². The van der Waals surface area contributed by atoms with Gasteiger partial charge in [-0.1, -0.05) is 18.2 Å². The van der Waals surface area contributed by atoms with Crippen molar-refractivity contribution in [3.8, 4) is 0 Å². The molecule has 0 saturated carbocycles. The molecular formula is C16H22FNO2. The first-order chi connectivity index (χ1) is 9.46. The van der Waals surface area contributed by atoms with Crippen molar-refractivity contribution in [3.05, 3.63) is 35.6 Å². The van der Waals surface area contributed by atoms with Gasteiger partial charge in [0.05, 0.1) is 12.1 Å². The Morgan fingerprint density at radius 2 is 2.10 bits per heavy atom. The molecule has 1 aliphatic rings. The van der Waals surface area contributed by atoms with Crippen LogP contribution in [0.5, 0.6) is 0 Å². The molecular weight excluding hydrogens is 257 g/mol. The van der Waals surface area contributed by atoms with Crippen LogP contribution in [0.1, 0.15) is 31.7 Å². The minimum absolute atomic E-state index is 0.0247. The highest BCUT2D eigenvalue weighted by Crippen LogP contribution is 2.21. The molecule has 1 unspecified atom stereocenters. The van der Waals surface area contributed by atoms with Crippen molar-refractivity contribution in [2.24, 2.45) is 0 Å². The number of aliphatic hydroxyl groups is 1. The van der Waals surface area contributed by atoms with E-state index in [1.54, 1.807) is 18.2 Å². The summed E-state index contributed by atoms with van der Waals surface area (Å²) in [7, 11) is 0. The third-order valence-electron chi connectivity index (χ3n) is 3.90. The smallest absolute Gasteiger partial charge is 0.151 e. The molecule has 1 aliphatic heterocycles. The van der Waals surface area contributed by atoms with Gasteiger partial charge in [-0.15, -0.1) is 0 Å². The van der Waals surface area contributed by atoms with Crippen molar-refractivity contribution in [1.29, 1.82) is 0 Å². The molecule has 1 fully saturated rings. The fourth-order valence-corrected chi connectivity index (χ4v) is 2.64.